The molecule has 3 aromatic heterocycles. The van der Waals surface area contributed by atoms with E-state index >= 15 is 0 Å². The van der Waals surface area contributed by atoms with Crippen molar-refractivity contribution in [1.29, 1.82) is 0 Å². The first-order valence-corrected chi connectivity index (χ1v) is 12.6. The third-order valence-corrected chi connectivity index (χ3v) is 8.03. The predicted molar refractivity (Wildman–Crippen MR) is 140 cm³/mol. The largest absolute Gasteiger partial charge is 0.363 e. The number of piperazine rings is 1. The lowest BCUT2D eigenvalue weighted by molar-refractivity contribution is -0.129. The van der Waals surface area contributed by atoms with Gasteiger partial charge in [-0.1, -0.05) is 0 Å². The number of pyridine rings is 1. The van der Waals surface area contributed by atoms with E-state index in [0.29, 0.717) is 37.3 Å². The fourth-order valence-corrected chi connectivity index (χ4v) is 5.69. The van der Waals surface area contributed by atoms with E-state index in [1.54, 1.807) is 31.5 Å². The first-order valence-electron chi connectivity index (χ1n) is 11.8. The molecule has 9 heteroatoms. The highest BCUT2D eigenvalue weighted by Crippen LogP contribution is 2.36. The number of rotatable bonds is 4. The number of anilines is 2. The van der Waals surface area contributed by atoms with Crippen LogP contribution >= 0.6 is 11.3 Å². The summed E-state index contributed by atoms with van der Waals surface area (Å²) < 4.78 is 14.4. The maximum Gasteiger partial charge on any atom is 0.219 e. The average molecular weight is 493 g/mol. The second-order valence-electron chi connectivity index (χ2n) is 9.24. The van der Waals surface area contributed by atoms with E-state index in [1.165, 1.54) is 16.5 Å². The summed E-state index contributed by atoms with van der Waals surface area (Å²) in [4.78, 5) is 32.0. The third kappa shape index (κ3) is 4.29. The number of nitrogens with zero attached hydrogens (tertiary/aromatic N) is 5. The maximum atomic E-state index is 14.4. The van der Waals surface area contributed by atoms with Crippen LogP contribution in [0.3, 0.4) is 0 Å². The SMILES string of the molecule is CC(=O)N1CCN(c2nc3cc(F)c(C)cc3cc2[C@H](C)Nc2ncnc3sc(C)c(C)c23)CC1. The number of halogens is 1. The van der Waals surface area contributed by atoms with Gasteiger partial charge in [0.25, 0.3) is 0 Å². The quantitative estimate of drug-likeness (QED) is 0.425. The number of amides is 1. The molecule has 1 fully saturated rings. The first-order chi connectivity index (χ1) is 16.7. The van der Waals surface area contributed by atoms with Gasteiger partial charge in [-0.3, -0.25) is 4.79 Å². The van der Waals surface area contributed by atoms with Crippen molar-refractivity contribution < 1.29 is 9.18 Å². The van der Waals surface area contributed by atoms with Crippen LogP contribution in [0.5, 0.6) is 0 Å². The van der Waals surface area contributed by atoms with Crippen LogP contribution in [0.4, 0.5) is 16.0 Å². The summed E-state index contributed by atoms with van der Waals surface area (Å²) >= 11 is 1.67. The van der Waals surface area contributed by atoms with Gasteiger partial charge in [0.2, 0.25) is 5.91 Å². The van der Waals surface area contributed by atoms with Crippen LogP contribution in [0.2, 0.25) is 0 Å². The summed E-state index contributed by atoms with van der Waals surface area (Å²) in [5.41, 5.74) is 3.41. The highest BCUT2D eigenvalue weighted by molar-refractivity contribution is 7.18. The van der Waals surface area contributed by atoms with Crippen molar-refractivity contribution in [3.8, 4) is 0 Å². The van der Waals surface area contributed by atoms with Crippen molar-refractivity contribution in [2.24, 2.45) is 0 Å². The molecule has 1 saturated heterocycles. The summed E-state index contributed by atoms with van der Waals surface area (Å²) in [5, 5.41) is 5.55. The van der Waals surface area contributed by atoms with Gasteiger partial charge in [0.05, 0.1) is 16.9 Å². The van der Waals surface area contributed by atoms with E-state index in [2.05, 4.69) is 47.0 Å². The first kappa shape index (κ1) is 23.4. The standard InChI is InChI=1S/C26H29FN6OS/c1-14-10-19-11-20(16(3)30-24-23-15(2)17(4)35-26(23)29-13-28-24)25(31-22(19)12-21(14)27)33-8-6-32(7-9-33)18(5)34/h10-13,16H,6-9H2,1-5H3,(H,28,29,30)/t16-/m0/s1. The molecule has 5 rings (SSSR count). The van der Waals surface area contributed by atoms with Gasteiger partial charge >= 0.3 is 0 Å². The molecule has 7 nitrogen and oxygen atoms in total. The van der Waals surface area contributed by atoms with Crippen molar-refractivity contribution >= 4 is 50.0 Å². The van der Waals surface area contributed by atoms with Crippen LogP contribution in [0.1, 0.15) is 41.5 Å². The summed E-state index contributed by atoms with van der Waals surface area (Å²) in [6, 6.07) is 5.34. The molecule has 1 N–H and O–H groups in total. The molecule has 1 aliphatic heterocycles. The summed E-state index contributed by atoms with van der Waals surface area (Å²) in [7, 11) is 0. The van der Waals surface area contributed by atoms with Crippen molar-refractivity contribution in [3.05, 3.63) is 51.9 Å². The molecule has 0 radical (unpaired) electrons. The van der Waals surface area contributed by atoms with Crippen molar-refractivity contribution in [2.45, 2.75) is 40.7 Å². The molecule has 0 bridgehead atoms. The number of nitrogens with one attached hydrogen (secondary N) is 1. The van der Waals surface area contributed by atoms with Crippen molar-refractivity contribution in [2.75, 3.05) is 36.4 Å². The highest BCUT2D eigenvalue weighted by Gasteiger charge is 2.25. The number of fused-ring (bicyclic) bond motifs is 2. The maximum absolute atomic E-state index is 14.4. The van der Waals surface area contributed by atoms with Crippen LogP contribution in [-0.4, -0.2) is 51.9 Å². The minimum atomic E-state index is -0.261. The molecule has 35 heavy (non-hydrogen) atoms. The number of carbonyl (C=O) groups excluding carboxylic acids is 1. The van der Waals surface area contributed by atoms with Crippen molar-refractivity contribution in [1.82, 2.24) is 19.9 Å². The Morgan fingerprint density at radius 3 is 2.57 bits per heavy atom. The van der Waals surface area contributed by atoms with Crippen LogP contribution < -0.4 is 10.2 Å². The van der Waals surface area contributed by atoms with Gasteiger partial charge in [-0.2, -0.15) is 0 Å². The summed E-state index contributed by atoms with van der Waals surface area (Å²) in [5.74, 6) is 1.43. The zero-order valence-corrected chi connectivity index (χ0v) is 21.5. The number of carbonyl (C=O) groups is 1. The monoisotopic (exact) mass is 492 g/mol. The molecular weight excluding hydrogens is 463 g/mol. The molecule has 1 atom stereocenters. The Hall–Kier alpha value is -3.33. The molecule has 0 aliphatic carbocycles. The lowest BCUT2D eigenvalue weighted by Crippen LogP contribution is -2.48. The number of aryl methyl sites for hydroxylation is 3. The minimum Gasteiger partial charge on any atom is -0.363 e. The fraction of sp³-hybridized carbons (Fsp3) is 0.385. The van der Waals surface area contributed by atoms with Gasteiger partial charge < -0.3 is 15.1 Å². The van der Waals surface area contributed by atoms with E-state index in [1.807, 2.05) is 11.0 Å². The van der Waals surface area contributed by atoms with Gasteiger partial charge in [-0.15, -0.1) is 11.3 Å². The Kier molecular flexibility index (Phi) is 6.04. The van der Waals surface area contributed by atoms with Gasteiger partial charge in [-0.05, 0) is 51.0 Å². The fourth-order valence-electron chi connectivity index (χ4n) is 4.70. The molecule has 1 amide bonds. The second-order valence-corrected chi connectivity index (χ2v) is 10.4. The number of thiophene rings is 1. The molecule has 4 heterocycles. The topological polar surface area (TPSA) is 74.2 Å². The molecule has 182 valence electrons. The number of hydrogen-bond acceptors (Lipinski definition) is 7. The Labute approximate surface area is 208 Å². The molecule has 0 saturated carbocycles. The second kappa shape index (κ2) is 9.03. The molecular formula is C26H29FN6OS. The van der Waals surface area contributed by atoms with Gasteiger partial charge in [0, 0.05) is 55.0 Å². The summed E-state index contributed by atoms with van der Waals surface area (Å²) in [6.45, 7) is 12.3. The average Bonchev–Trinajstić information content (AvgIpc) is 3.13. The van der Waals surface area contributed by atoms with E-state index in [-0.39, 0.29) is 17.8 Å². The number of hydrogen-bond donors (Lipinski definition) is 1. The summed E-state index contributed by atoms with van der Waals surface area (Å²) in [6.07, 6.45) is 1.60. The van der Waals surface area contributed by atoms with Crippen LogP contribution in [-0.2, 0) is 4.79 Å². The minimum absolute atomic E-state index is 0.0816. The van der Waals surface area contributed by atoms with Gasteiger partial charge in [-0.25, -0.2) is 19.3 Å². The normalized spacial score (nSPS) is 15.1. The lowest BCUT2D eigenvalue weighted by atomic mass is 10.0. The molecule has 0 unspecified atom stereocenters. The van der Waals surface area contributed by atoms with Crippen LogP contribution in [0.25, 0.3) is 21.1 Å². The smallest absolute Gasteiger partial charge is 0.219 e. The number of benzene rings is 1. The molecule has 4 aromatic rings. The van der Waals surface area contributed by atoms with Crippen molar-refractivity contribution in [3.63, 3.8) is 0 Å². The predicted octanol–water partition coefficient (Wildman–Crippen LogP) is 5.15. The van der Waals surface area contributed by atoms with E-state index < -0.39 is 0 Å². The lowest BCUT2D eigenvalue weighted by Gasteiger charge is -2.36. The molecule has 1 aliphatic rings. The van der Waals surface area contributed by atoms with Gasteiger partial charge in [0.1, 0.15) is 28.6 Å². The number of aromatic nitrogens is 3. The molecule has 0 spiro atoms. The molecule has 1 aromatic carbocycles. The van der Waals surface area contributed by atoms with E-state index in [9.17, 15) is 9.18 Å². The van der Waals surface area contributed by atoms with Crippen LogP contribution in [0, 0.1) is 26.6 Å². The van der Waals surface area contributed by atoms with E-state index in [0.717, 1.165) is 32.8 Å². The Morgan fingerprint density at radius 2 is 1.86 bits per heavy atom. The Balaban J connectivity index is 1.57. The zero-order valence-electron chi connectivity index (χ0n) is 20.6. The van der Waals surface area contributed by atoms with E-state index in [4.69, 9.17) is 4.98 Å². The Bertz CT molecular complexity index is 1440. The third-order valence-electron chi connectivity index (χ3n) is 6.91. The zero-order chi connectivity index (χ0) is 24.9. The Morgan fingerprint density at radius 1 is 1.11 bits per heavy atom. The highest BCUT2D eigenvalue weighted by atomic mass is 32.1. The van der Waals surface area contributed by atoms with Gasteiger partial charge in [0.15, 0.2) is 0 Å². The van der Waals surface area contributed by atoms with Crippen LogP contribution in [0.15, 0.2) is 24.5 Å².